The lowest BCUT2D eigenvalue weighted by Crippen LogP contribution is -1.90. The van der Waals surface area contributed by atoms with Crippen molar-refractivity contribution in [1.29, 1.82) is 0 Å². The van der Waals surface area contributed by atoms with Crippen LogP contribution in [0.25, 0.3) is 0 Å². The molecule has 1 heteroatoms. The van der Waals surface area contributed by atoms with Crippen molar-refractivity contribution in [2.45, 2.75) is 6.92 Å². The van der Waals surface area contributed by atoms with Crippen LogP contribution in [0.4, 0.5) is 0 Å². The zero-order valence-electron chi connectivity index (χ0n) is 6.00. The van der Waals surface area contributed by atoms with Gasteiger partial charge >= 0.3 is 0 Å². The second-order valence-electron chi connectivity index (χ2n) is 2.01. The van der Waals surface area contributed by atoms with E-state index in [-0.39, 0.29) is 0 Å². The van der Waals surface area contributed by atoms with Crippen LogP contribution in [-0.4, -0.2) is 6.61 Å². The molecule has 52 valence electrons. The average Bonchev–Trinajstić information content (AvgIpc) is 1.88. The maximum Gasteiger partial charge on any atom is 0.119 e. The molecule has 0 aliphatic carbocycles. The fourth-order valence-corrected chi connectivity index (χ4v) is 0.771. The standard InChI is InChI=1S/C9H10O/c1-3-10-9-6-4-5-8(2)7-9/h2,4-7H,3H2,1H3. The summed E-state index contributed by atoms with van der Waals surface area (Å²) in [5, 5.41) is 0. The Morgan fingerprint density at radius 2 is 2.30 bits per heavy atom. The predicted molar refractivity (Wildman–Crippen MR) is 41.0 cm³/mol. The fraction of sp³-hybridized carbons (Fsp3) is 0.222. The van der Waals surface area contributed by atoms with Gasteiger partial charge in [-0.1, -0.05) is 12.1 Å². The lowest BCUT2D eigenvalue weighted by molar-refractivity contribution is 0.340. The Balaban J connectivity index is 2.75. The maximum atomic E-state index is 5.51. The van der Waals surface area contributed by atoms with Gasteiger partial charge in [-0.15, -0.1) is 0 Å². The minimum absolute atomic E-state index is 0.684. The minimum atomic E-state index is 0.684. The molecule has 1 rings (SSSR count). The van der Waals surface area contributed by atoms with Gasteiger partial charge in [0.15, 0.2) is 0 Å². The smallest absolute Gasteiger partial charge is 0.119 e. The van der Waals surface area contributed by atoms with E-state index in [1.54, 1.807) is 0 Å². The van der Waals surface area contributed by atoms with Crippen molar-refractivity contribution in [2.75, 3.05) is 6.61 Å². The van der Waals surface area contributed by atoms with Crippen LogP contribution in [0, 0.1) is 6.92 Å². The van der Waals surface area contributed by atoms with Crippen molar-refractivity contribution in [3.63, 3.8) is 0 Å². The summed E-state index contributed by atoms with van der Waals surface area (Å²) in [6.45, 7) is 8.14. The minimum Gasteiger partial charge on any atom is -0.494 e. The molecule has 0 saturated carbocycles. The first-order valence-electron chi connectivity index (χ1n) is 3.31. The van der Waals surface area contributed by atoms with Gasteiger partial charge in [0.25, 0.3) is 0 Å². The van der Waals surface area contributed by atoms with E-state index in [1.807, 2.05) is 31.2 Å². The van der Waals surface area contributed by atoms with Gasteiger partial charge in [-0.3, -0.25) is 0 Å². The molecule has 0 bridgehead atoms. The summed E-state index contributed by atoms with van der Waals surface area (Å²) < 4.78 is 5.21. The summed E-state index contributed by atoms with van der Waals surface area (Å²) in [6.07, 6.45) is 0. The van der Waals surface area contributed by atoms with Crippen molar-refractivity contribution in [2.24, 2.45) is 0 Å². The molecule has 1 nitrogen and oxygen atoms in total. The molecule has 0 N–H and O–H groups in total. The van der Waals surface area contributed by atoms with Crippen molar-refractivity contribution in [3.05, 3.63) is 36.8 Å². The number of rotatable bonds is 2. The van der Waals surface area contributed by atoms with Crippen LogP contribution < -0.4 is 4.74 Å². The number of hydrogen-bond acceptors (Lipinski definition) is 1. The van der Waals surface area contributed by atoms with Gasteiger partial charge in [-0.2, -0.15) is 0 Å². The highest BCUT2D eigenvalue weighted by Crippen LogP contribution is 2.11. The van der Waals surface area contributed by atoms with E-state index in [0.29, 0.717) is 6.61 Å². The number of hydrogen-bond donors (Lipinski definition) is 0. The van der Waals surface area contributed by atoms with Gasteiger partial charge in [-0.05, 0) is 31.5 Å². The van der Waals surface area contributed by atoms with E-state index < -0.39 is 0 Å². The number of ether oxygens (including phenoxy) is 1. The molecule has 0 aliphatic rings. The molecule has 10 heavy (non-hydrogen) atoms. The Bertz CT molecular complexity index is 206. The molecule has 0 heterocycles. The summed E-state index contributed by atoms with van der Waals surface area (Å²) >= 11 is 0. The van der Waals surface area contributed by atoms with Crippen molar-refractivity contribution < 1.29 is 4.74 Å². The summed E-state index contributed by atoms with van der Waals surface area (Å²) in [5.41, 5.74) is 0.742. The summed E-state index contributed by atoms with van der Waals surface area (Å²) in [6, 6.07) is 7.41. The SMILES string of the molecule is [CH]c1cccc(OCC)c1. The zero-order valence-corrected chi connectivity index (χ0v) is 6.00. The Labute approximate surface area is 61.6 Å². The lowest BCUT2D eigenvalue weighted by atomic mass is 10.2. The first kappa shape index (κ1) is 7.13. The molecule has 0 saturated heterocycles. The van der Waals surface area contributed by atoms with Crippen molar-refractivity contribution in [1.82, 2.24) is 0 Å². The van der Waals surface area contributed by atoms with Crippen LogP contribution in [0.3, 0.4) is 0 Å². The molecule has 0 fully saturated rings. The molecule has 2 radical (unpaired) electrons. The molecule has 0 spiro atoms. The third kappa shape index (κ3) is 1.76. The molecule has 0 unspecified atom stereocenters. The molecule has 0 amide bonds. The van der Waals surface area contributed by atoms with E-state index in [2.05, 4.69) is 0 Å². The van der Waals surface area contributed by atoms with Crippen LogP contribution >= 0.6 is 0 Å². The van der Waals surface area contributed by atoms with Crippen LogP contribution in [-0.2, 0) is 0 Å². The quantitative estimate of drug-likeness (QED) is 0.602. The molecular formula is C9H10O. The molecule has 0 aliphatic heterocycles. The van der Waals surface area contributed by atoms with E-state index in [1.165, 1.54) is 0 Å². The zero-order chi connectivity index (χ0) is 7.40. The van der Waals surface area contributed by atoms with Crippen LogP contribution in [0.5, 0.6) is 5.75 Å². The Morgan fingerprint density at radius 3 is 2.90 bits per heavy atom. The Hall–Kier alpha value is -0.980. The summed E-state index contributed by atoms with van der Waals surface area (Å²) in [5.74, 6) is 0.836. The second-order valence-corrected chi connectivity index (χ2v) is 2.01. The highest BCUT2D eigenvalue weighted by atomic mass is 16.5. The van der Waals surface area contributed by atoms with Gasteiger partial charge in [-0.25, -0.2) is 0 Å². The Morgan fingerprint density at radius 1 is 1.50 bits per heavy atom. The van der Waals surface area contributed by atoms with Gasteiger partial charge in [0.05, 0.1) is 6.61 Å². The monoisotopic (exact) mass is 134 g/mol. The third-order valence-corrected chi connectivity index (χ3v) is 1.17. The van der Waals surface area contributed by atoms with Gasteiger partial charge in [0, 0.05) is 0 Å². The fourth-order valence-electron chi connectivity index (χ4n) is 0.771. The van der Waals surface area contributed by atoms with E-state index in [4.69, 9.17) is 11.7 Å². The van der Waals surface area contributed by atoms with E-state index >= 15 is 0 Å². The maximum absolute atomic E-state index is 5.51. The lowest BCUT2D eigenvalue weighted by Gasteiger charge is -2.01. The Kier molecular flexibility index (Phi) is 2.32. The molecular weight excluding hydrogens is 124 g/mol. The van der Waals surface area contributed by atoms with E-state index in [9.17, 15) is 0 Å². The summed E-state index contributed by atoms with van der Waals surface area (Å²) in [7, 11) is 0. The molecule has 0 aromatic heterocycles. The highest BCUT2D eigenvalue weighted by molar-refractivity contribution is 5.29. The largest absolute Gasteiger partial charge is 0.494 e. The number of benzene rings is 1. The highest BCUT2D eigenvalue weighted by Gasteiger charge is 1.89. The van der Waals surface area contributed by atoms with Crippen LogP contribution in [0.1, 0.15) is 12.5 Å². The van der Waals surface area contributed by atoms with Crippen LogP contribution in [0.15, 0.2) is 24.3 Å². The molecule has 1 aromatic rings. The third-order valence-electron chi connectivity index (χ3n) is 1.17. The summed E-state index contributed by atoms with van der Waals surface area (Å²) in [4.78, 5) is 0. The predicted octanol–water partition coefficient (Wildman–Crippen LogP) is 2.14. The van der Waals surface area contributed by atoms with E-state index in [0.717, 1.165) is 11.3 Å². The van der Waals surface area contributed by atoms with Gasteiger partial charge in [0.2, 0.25) is 0 Å². The van der Waals surface area contributed by atoms with Gasteiger partial charge < -0.3 is 4.74 Å². The topological polar surface area (TPSA) is 9.23 Å². The van der Waals surface area contributed by atoms with Gasteiger partial charge in [0.1, 0.15) is 5.75 Å². The normalized spacial score (nSPS) is 9.40. The van der Waals surface area contributed by atoms with Crippen molar-refractivity contribution >= 4 is 0 Å². The molecule has 0 atom stereocenters. The van der Waals surface area contributed by atoms with Crippen LogP contribution in [0.2, 0.25) is 0 Å². The second kappa shape index (κ2) is 3.25. The average molecular weight is 134 g/mol. The van der Waals surface area contributed by atoms with Crippen molar-refractivity contribution in [3.8, 4) is 5.75 Å². The first-order chi connectivity index (χ1) is 4.83. The molecule has 1 aromatic carbocycles. The first-order valence-corrected chi connectivity index (χ1v) is 3.31.